The second-order valence-corrected chi connectivity index (χ2v) is 4.75. The zero-order valence-electron chi connectivity index (χ0n) is 12.0. The molecule has 1 N–H and O–H groups in total. The second-order valence-electron chi connectivity index (χ2n) is 4.75. The van der Waals surface area contributed by atoms with Gasteiger partial charge in [-0.15, -0.1) is 0 Å². The molecule has 104 valence electrons. The summed E-state index contributed by atoms with van der Waals surface area (Å²) < 4.78 is 5.23. The zero-order chi connectivity index (χ0) is 13.9. The average molecular weight is 260 g/mol. The van der Waals surface area contributed by atoms with E-state index in [2.05, 4.69) is 31.3 Å². The third-order valence-electron chi connectivity index (χ3n) is 3.16. The van der Waals surface area contributed by atoms with Crippen molar-refractivity contribution in [3.8, 4) is 11.8 Å². The predicted molar refractivity (Wildman–Crippen MR) is 78.1 cm³/mol. The molecular formula is C16H24N2O. The molecule has 0 aromatic heterocycles. The van der Waals surface area contributed by atoms with E-state index in [1.165, 1.54) is 31.2 Å². The fourth-order valence-corrected chi connectivity index (χ4v) is 1.96. The molecule has 0 heterocycles. The topological polar surface area (TPSA) is 45.0 Å². The smallest absolute Gasteiger partial charge is 0.174 e. The van der Waals surface area contributed by atoms with Gasteiger partial charge in [0, 0.05) is 6.04 Å². The number of nitrogens with one attached hydrogen (secondary N) is 1. The molecule has 3 heteroatoms. The number of benzene rings is 1. The van der Waals surface area contributed by atoms with Gasteiger partial charge < -0.3 is 10.1 Å². The van der Waals surface area contributed by atoms with Crippen LogP contribution in [0.3, 0.4) is 0 Å². The predicted octanol–water partition coefficient (Wildman–Crippen LogP) is 3.82. The highest BCUT2D eigenvalue weighted by atomic mass is 16.5. The van der Waals surface area contributed by atoms with Crippen molar-refractivity contribution >= 4 is 0 Å². The summed E-state index contributed by atoms with van der Waals surface area (Å²) in [4.78, 5) is 0. The van der Waals surface area contributed by atoms with Crippen LogP contribution in [0.1, 0.15) is 51.1 Å². The molecule has 3 nitrogen and oxygen atoms in total. The van der Waals surface area contributed by atoms with E-state index in [-0.39, 0.29) is 6.61 Å². The Kier molecular flexibility index (Phi) is 7.69. The maximum Gasteiger partial charge on any atom is 0.174 e. The van der Waals surface area contributed by atoms with E-state index in [0.717, 1.165) is 12.3 Å². The summed E-state index contributed by atoms with van der Waals surface area (Å²) in [6.45, 7) is 5.56. The van der Waals surface area contributed by atoms with Gasteiger partial charge >= 0.3 is 0 Å². The fourth-order valence-electron chi connectivity index (χ4n) is 1.96. The van der Waals surface area contributed by atoms with E-state index in [0.29, 0.717) is 6.04 Å². The molecule has 19 heavy (non-hydrogen) atoms. The molecule has 0 spiro atoms. The SMILES string of the molecule is CCCCCCNC(C)c1ccc(OCC#N)cc1. The molecule has 1 unspecified atom stereocenters. The number of ether oxygens (including phenoxy) is 1. The van der Waals surface area contributed by atoms with Crippen molar-refractivity contribution in [3.63, 3.8) is 0 Å². The molecule has 0 amide bonds. The van der Waals surface area contributed by atoms with Gasteiger partial charge in [0.2, 0.25) is 0 Å². The highest BCUT2D eigenvalue weighted by Gasteiger charge is 2.04. The normalized spacial score (nSPS) is 11.8. The van der Waals surface area contributed by atoms with Gasteiger partial charge in [-0.25, -0.2) is 0 Å². The van der Waals surface area contributed by atoms with Crippen LogP contribution in [0.25, 0.3) is 0 Å². The third kappa shape index (κ3) is 6.26. The summed E-state index contributed by atoms with van der Waals surface area (Å²) in [7, 11) is 0. The lowest BCUT2D eigenvalue weighted by Gasteiger charge is -2.14. The first-order valence-corrected chi connectivity index (χ1v) is 7.11. The maximum absolute atomic E-state index is 8.44. The van der Waals surface area contributed by atoms with Crippen molar-refractivity contribution < 1.29 is 4.74 Å². The molecule has 0 fully saturated rings. The number of rotatable bonds is 9. The highest BCUT2D eigenvalue weighted by Crippen LogP contribution is 2.17. The summed E-state index contributed by atoms with van der Waals surface area (Å²) in [6, 6.07) is 10.3. The minimum Gasteiger partial charge on any atom is -0.479 e. The van der Waals surface area contributed by atoms with E-state index in [9.17, 15) is 0 Å². The Morgan fingerprint density at radius 1 is 1.21 bits per heavy atom. The van der Waals surface area contributed by atoms with Gasteiger partial charge in [-0.05, 0) is 37.6 Å². The summed E-state index contributed by atoms with van der Waals surface area (Å²) in [6.07, 6.45) is 5.14. The van der Waals surface area contributed by atoms with Gasteiger partial charge in [0.1, 0.15) is 11.8 Å². The van der Waals surface area contributed by atoms with E-state index in [4.69, 9.17) is 10.00 Å². The zero-order valence-corrected chi connectivity index (χ0v) is 12.0. The number of hydrogen-bond donors (Lipinski definition) is 1. The van der Waals surface area contributed by atoms with Crippen molar-refractivity contribution in [3.05, 3.63) is 29.8 Å². The molecule has 1 atom stereocenters. The quantitative estimate of drug-likeness (QED) is 0.686. The van der Waals surface area contributed by atoms with Crippen LogP contribution in [0.15, 0.2) is 24.3 Å². The number of unbranched alkanes of at least 4 members (excludes halogenated alkanes) is 3. The lowest BCUT2D eigenvalue weighted by atomic mass is 10.1. The van der Waals surface area contributed by atoms with Crippen LogP contribution in [-0.4, -0.2) is 13.2 Å². The standard InChI is InChI=1S/C16H24N2O/c1-3-4-5-6-12-18-14(2)15-7-9-16(10-8-15)19-13-11-17/h7-10,14,18H,3-6,12-13H2,1-2H3. The Morgan fingerprint density at radius 3 is 2.58 bits per heavy atom. The number of nitrogens with zero attached hydrogens (tertiary/aromatic N) is 1. The van der Waals surface area contributed by atoms with E-state index in [1.54, 1.807) is 0 Å². The molecule has 0 aliphatic rings. The summed E-state index contributed by atoms with van der Waals surface area (Å²) in [5, 5.41) is 12.0. The number of hydrogen-bond acceptors (Lipinski definition) is 3. The van der Waals surface area contributed by atoms with Crippen LogP contribution >= 0.6 is 0 Å². The largest absolute Gasteiger partial charge is 0.479 e. The second kappa shape index (κ2) is 9.41. The van der Waals surface area contributed by atoms with Crippen molar-refractivity contribution in [1.82, 2.24) is 5.32 Å². The van der Waals surface area contributed by atoms with E-state index >= 15 is 0 Å². The van der Waals surface area contributed by atoms with Crippen LogP contribution in [-0.2, 0) is 0 Å². The third-order valence-corrected chi connectivity index (χ3v) is 3.16. The molecule has 1 aromatic carbocycles. The Bertz CT molecular complexity index is 381. The Balaban J connectivity index is 2.32. The van der Waals surface area contributed by atoms with Gasteiger partial charge in [-0.1, -0.05) is 38.3 Å². The molecule has 0 bridgehead atoms. The first kappa shape index (κ1) is 15.5. The molecule has 1 aromatic rings. The van der Waals surface area contributed by atoms with Crippen molar-refractivity contribution in [2.45, 2.75) is 45.6 Å². The first-order valence-electron chi connectivity index (χ1n) is 7.11. The van der Waals surface area contributed by atoms with Gasteiger partial charge in [0.05, 0.1) is 0 Å². The first-order chi connectivity index (χ1) is 9.27. The maximum atomic E-state index is 8.44. The summed E-state index contributed by atoms with van der Waals surface area (Å²) in [5.41, 5.74) is 1.25. The van der Waals surface area contributed by atoms with E-state index < -0.39 is 0 Å². The molecule has 0 aliphatic heterocycles. The van der Waals surface area contributed by atoms with Crippen molar-refractivity contribution in [2.75, 3.05) is 13.2 Å². The fraction of sp³-hybridized carbons (Fsp3) is 0.562. The highest BCUT2D eigenvalue weighted by molar-refractivity contribution is 5.29. The monoisotopic (exact) mass is 260 g/mol. The van der Waals surface area contributed by atoms with Gasteiger partial charge in [0.15, 0.2) is 6.61 Å². The van der Waals surface area contributed by atoms with Gasteiger partial charge in [-0.3, -0.25) is 0 Å². The molecule has 0 saturated carbocycles. The Morgan fingerprint density at radius 2 is 1.95 bits per heavy atom. The molecule has 0 saturated heterocycles. The lowest BCUT2D eigenvalue weighted by molar-refractivity contribution is 0.368. The van der Waals surface area contributed by atoms with Crippen LogP contribution in [0, 0.1) is 11.3 Å². The lowest BCUT2D eigenvalue weighted by Crippen LogP contribution is -2.19. The average Bonchev–Trinajstić information content (AvgIpc) is 2.45. The van der Waals surface area contributed by atoms with Crippen LogP contribution in [0.4, 0.5) is 0 Å². The Hall–Kier alpha value is -1.53. The summed E-state index contributed by atoms with van der Waals surface area (Å²) in [5.74, 6) is 0.750. The van der Waals surface area contributed by atoms with Gasteiger partial charge in [0.25, 0.3) is 0 Å². The Labute approximate surface area is 116 Å². The van der Waals surface area contributed by atoms with E-state index in [1.807, 2.05) is 18.2 Å². The molecule has 0 radical (unpaired) electrons. The van der Waals surface area contributed by atoms with Crippen molar-refractivity contribution in [1.29, 1.82) is 5.26 Å². The molecular weight excluding hydrogens is 236 g/mol. The van der Waals surface area contributed by atoms with Gasteiger partial charge in [-0.2, -0.15) is 5.26 Å². The molecule has 1 rings (SSSR count). The minimum absolute atomic E-state index is 0.102. The molecule has 0 aliphatic carbocycles. The number of nitriles is 1. The van der Waals surface area contributed by atoms with Crippen molar-refractivity contribution in [2.24, 2.45) is 0 Å². The van der Waals surface area contributed by atoms with Crippen LogP contribution in [0.5, 0.6) is 5.75 Å². The van der Waals surface area contributed by atoms with Crippen LogP contribution < -0.4 is 10.1 Å². The minimum atomic E-state index is 0.102. The summed E-state index contributed by atoms with van der Waals surface area (Å²) >= 11 is 0. The van der Waals surface area contributed by atoms with Crippen LogP contribution in [0.2, 0.25) is 0 Å².